The van der Waals surface area contributed by atoms with Crippen LogP contribution < -0.4 is 0 Å². The van der Waals surface area contributed by atoms with Gasteiger partial charge >= 0.3 is 0 Å². The van der Waals surface area contributed by atoms with Crippen LogP contribution >= 0.6 is 0 Å². The first-order chi connectivity index (χ1) is 6.07. The zero-order valence-electron chi connectivity index (χ0n) is 10.3. The van der Waals surface area contributed by atoms with Gasteiger partial charge in [0.2, 0.25) is 0 Å². The largest absolute Gasteiger partial charge is 0.693 e. The summed E-state index contributed by atoms with van der Waals surface area (Å²) in [7, 11) is 1.87. The molecule has 2 nitrogen and oxygen atoms in total. The van der Waals surface area contributed by atoms with E-state index < -0.39 is 0 Å². The quantitative estimate of drug-likeness (QED) is 0.772. The third-order valence-corrected chi connectivity index (χ3v) is 2.94. The van der Waals surface area contributed by atoms with Gasteiger partial charge in [-0.25, -0.2) is 0 Å². The van der Waals surface area contributed by atoms with Crippen molar-refractivity contribution >= 4 is 0 Å². The topological polar surface area (TPSA) is 47.6 Å². The van der Waals surface area contributed by atoms with Gasteiger partial charge in [0, 0.05) is 32.7 Å². The van der Waals surface area contributed by atoms with Gasteiger partial charge in [-0.1, -0.05) is 24.6 Å². The first kappa shape index (κ1) is 17.6. The van der Waals surface area contributed by atoms with Crippen LogP contribution in [0, 0.1) is 20.8 Å². The normalized spacial score (nSPS) is 11.3. The SMILES string of the molecule is C[N-]C(C)c1ccc(C)c(C)c1C.[NH2-].[Y]. The fourth-order valence-corrected chi connectivity index (χ4v) is 1.57. The molecular formula is C12H20N2Y-2. The fourth-order valence-electron chi connectivity index (χ4n) is 1.57. The van der Waals surface area contributed by atoms with Crippen molar-refractivity contribution in [3.05, 3.63) is 45.9 Å². The van der Waals surface area contributed by atoms with Crippen molar-refractivity contribution in [2.24, 2.45) is 0 Å². The maximum absolute atomic E-state index is 4.29. The van der Waals surface area contributed by atoms with Gasteiger partial charge in [0.05, 0.1) is 0 Å². The summed E-state index contributed by atoms with van der Waals surface area (Å²) in [5.41, 5.74) is 5.50. The third kappa shape index (κ3) is 3.95. The standard InChI is InChI=1S/C12H18N.H2N.Y/c1-8-6-7-12(11(4)13-5)10(3)9(8)2;;/h6-7,11H,1-5H3;1H2;/q2*-1;. The second kappa shape index (κ2) is 7.51. The number of aryl methyl sites for hydroxylation is 1. The van der Waals surface area contributed by atoms with Crippen LogP contribution in [0.15, 0.2) is 12.1 Å². The Kier molecular flexibility index (Phi) is 8.82. The molecule has 0 aliphatic carbocycles. The van der Waals surface area contributed by atoms with E-state index in [0.717, 1.165) is 0 Å². The Bertz CT molecular complexity index is 311. The summed E-state index contributed by atoms with van der Waals surface area (Å²) in [4.78, 5) is 0. The molecule has 0 saturated heterocycles. The van der Waals surface area contributed by atoms with Crippen LogP contribution in [0.25, 0.3) is 11.5 Å². The molecule has 1 unspecified atom stereocenters. The number of hydrogen-bond donors (Lipinski definition) is 0. The second-order valence-corrected chi connectivity index (χ2v) is 3.66. The van der Waals surface area contributed by atoms with E-state index in [2.05, 4.69) is 45.1 Å². The van der Waals surface area contributed by atoms with Crippen molar-refractivity contribution in [3.63, 3.8) is 0 Å². The minimum absolute atomic E-state index is 0. The smallest absolute Gasteiger partial charge is 0 e. The minimum atomic E-state index is 0. The molecule has 0 saturated carbocycles. The molecule has 1 aromatic carbocycles. The number of nitrogens with zero attached hydrogens (tertiary/aromatic N) is 1. The molecule has 83 valence electrons. The van der Waals surface area contributed by atoms with E-state index in [9.17, 15) is 0 Å². The van der Waals surface area contributed by atoms with Gasteiger partial charge in [0.15, 0.2) is 0 Å². The van der Waals surface area contributed by atoms with Gasteiger partial charge in [-0.3, -0.25) is 0 Å². The van der Waals surface area contributed by atoms with Crippen molar-refractivity contribution in [1.82, 2.24) is 0 Å². The Morgan fingerprint density at radius 1 is 1.07 bits per heavy atom. The maximum Gasteiger partial charge on any atom is 0 e. The number of hydrogen-bond acceptors (Lipinski definition) is 0. The Labute approximate surface area is 119 Å². The molecule has 0 aliphatic heterocycles. The molecular weight excluding hydrogens is 261 g/mol. The first-order valence-corrected chi connectivity index (χ1v) is 4.73. The summed E-state index contributed by atoms with van der Waals surface area (Å²) < 4.78 is 0. The van der Waals surface area contributed by atoms with Gasteiger partial charge in [-0.2, -0.15) is 7.05 Å². The van der Waals surface area contributed by atoms with E-state index in [1.54, 1.807) is 0 Å². The monoisotopic (exact) mass is 281 g/mol. The summed E-state index contributed by atoms with van der Waals surface area (Å²) >= 11 is 0. The molecule has 1 aromatic rings. The van der Waals surface area contributed by atoms with Crippen LogP contribution in [0.5, 0.6) is 0 Å². The molecule has 0 fully saturated rings. The van der Waals surface area contributed by atoms with E-state index in [-0.39, 0.29) is 38.9 Å². The van der Waals surface area contributed by atoms with Gasteiger partial charge in [-0.15, -0.1) is 6.04 Å². The molecule has 3 heteroatoms. The fraction of sp³-hybridized carbons (Fsp3) is 0.500. The van der Waals surface area contributed by atoms with Crippen molar-refractivity contribution in [3.8, 4) is 0 Å². The van der Waals surface area contributed by atoms with E-state index in [1.165, 1.54) is 22.3 Å². The molecule has 0 heterocycles. The summed E-state index contributed by atoms with van der Waals surface area (Å²) in [6, 6.07) is 4.69. The second-order valence-electron chi connectivity index (χ2n) is 3.66. The third-order valence-electron chi connectivity index (χ3n) is 2.94. The average molecular weight is 281 g/mol. The summed E-state index contributed by atoms with van der Waals surface area (Å²) in [5.74, 6) is 0. The molecule has 1 radical (unpaired) electrons. The zero-order chi connectivity index (χ0) is 10.0. The summed E-state index contributed by atoms with van der Waals surface area (Å²) in [6.45, 7) is 8.65. The maximum atomic E-state index is 4.29. The van der Waals surface area contributed by atoms with Crippen molar-refractivity contribution < 1.29 is 32.7 Å². The molecule has 2 N–H and O–H groups in total. The van der Waals surface area contributed by atoms with Crippen LogP contribution in [-0.2, 0) is 32.7 Å². The molecule has 0 amide bonds. The Morgan fingerprint density at radius 2 is 1.60 bits per heavy atom. The van der Waals surface area contributed by atoms with Crippen LogP contribution in [-0.4, -0.2) is 7.05 Å². The number of rotatable bonds is 2. The Morgan fingerprint density at radius 3 is 2.07 bits per heavy atom. The van der Waals surface area contributed by atoms with E-state index >= 15 is 0 Å². The minimum Gasteiger partial charge on any atom is -0.693 e. The van der Waals surface area contributed by atoms with E-state index in [4.69, 9.17) is 0 Å². The molecule has 0 bridgehead atoms. The van der Waals surface area contributed by atoms with Crippen LogP contribution in [0.3, 0.4) is 0 Å². The van der Waals surface area contributed by atoms with Gasteiger partial charge in [0.1, 0.15) is 0 Å². The molecule has 1 rings (SSSR count). The van der Waals surface area contributed by atoms with E-state index in [1.807, 2.05) is 7.05 Å². The van der Waals surface area contributed by atoms with Crippen LogP contribution in [0.4, 0.5) is 0 Å². The predicted octanol–water partition coefficient (Wildman–Crippen LogP) is 4.39. The van der Waals surface area contributed by atoms with E-state index in [0.29, 0.717) is 6.04 Å². The average Bonchev–Trinajstić information content (AvgIpc) is 2.13. The Balaban J connectivity index is 0. The summed E-state index contributed by atoms with van der Waals surface area (Å²) in [5, 5.41) is 4.29. The number of benzene rings is 1. The molecule has 0 spiro atoms. The molecule has 0 aliphatic rings. The Hall–Kier alpha value is 0.244. The van der Waals surface area contributed by atoms with Crippen molar-refractivity contribution in [2.75, 3.05) is 7.05 Å². The van der Waals surface area contributed by atoms with Crippen molar-refractivity contribution in [1.29, 1.82) is 0 Å². The molecule has 15 heavy (non-hydrogen) atoms. The molecule has 0 aromatic heterocycles. The van der Waals surface area contributed by atoms with Crippen molar-refractivity contribution in [2.45, 2.75) is 33.7 Å². The summed E-state index contributed by atoms with van der Waals surface area (Å²) in [6.07, 6.45) is 0. The molecule has 1 atom stereocenters. The van der Waals surface area contributed by atoms with Crippen LogP contribution in [0.1, 0.15) is 35.2 Å². The van der Waals surface area contributed by atoms with Crippen LogP contribution in [0.2, 0.25) is 0 Å². The first-order valence-electron chi connectivity index (χ1n) is 4.73. The zero-order valence-corrected chi connectivity index (χ0v) is 13.2. The number of nitrogens with two attached hydrogens (primary N) is 1. The predicted molar refractivity (Wildman–Crippen MR) is 63.6 cm³/mol. The van der Waals surface area contributed by atoms with Gasteiger partial charge < -0.3 is 11.5 Å². The van der Waals surface area contributed by atoms with Gasteiger partial charge in [0.25, 0.3) is 0 Å². The van der Waals surface area contributed by atoms with Gasteiger partial charge in [-0.05, 0) is 37.5 Å².